The summed E-state index contributed by atoms with van der Waals surface area (Å²) in [5.41, 5.74) is 0.464. The molecular weight excluding hydrogens is 307 g/mol. The number of hydrogen-bond donors (Lipinski definition) is 1. The molecule has 0 amide bonds. The van der Waals surface area contributed by atoms with Crippen molar-refractivity contribution in [3.05, 3.63) is 12.2 Å². The first-order valence-corrected chi connectivity index (χ1v) is 14.5. The third-order valence-electron chi connectivity index (χ3n) is 3.23. The Hall–Kier alpha value is 0.00870. The van der Waals surface area contributed by atoms with Gasteiger partial charge in [0.25, 0.3) is 0 Å². The molecule has 2 nitrogen and oxygen atoms in total. The molecule has 0 unspecified atom stereocenters. The van der Waals surface area contributed by atoms with Gasteiger partial charge in [-0.1, -0.05) is 0 Å². The van der Waals surface area contributed by atoms with Gasteiger partial charge in [0.2, 0.25) is 0 Å². The van der Waals surface area contributed by atoms with Crippen molar-refractivity contribution < 1.29 is 9.90 Å². The molecule has 0 bridgehead atoms. The normalized spacial score (nSPS) is 11.4. The van der Waals surface area contributed by atoms with Gasteiger partial charge in [0.05, 0.1) is 0 Å². The summed E-state index contributed by atoms with van der Waals surface area (Å²) in [7, 11) is 0. The van der Waals surface area contributed by atoms with E-state index in [1.807, 2.05) is 0 Å². The molecule has 0 aliphatic rings. The van der Waals surface area contributed by atoms with Gasteiger partial charge in [0, 0.05) is 0 Å². The maximum atomic E-state index is 10.9. The zero-order valence-electron chi connectivity index (χ0n) is 11.0. The molecule has 1 N–H and O–H groups in total. The van der Waals surface area contributed by atoms with E-state index in [-0.39, 0.29) is 0 Å². The molecule has 0 aromatic heterocycles. The van der Waals surface area contributed by atoms with E-state index >= 15 is 0 Å². The van der Waals surface area contributed by atoms with Crippen LogP contribution in [0, 0.1) is 0 Å². The average Bonchev–Trinajstić information content (AvgIpc) is 2.18. The molecule has 0 aromatic rings. The first kappa shape index (κ1) is 16.0. The van der Waals surface area contributed by atoms with E-state index in [1.165, 1.54) is 32.6 Å². The van der Waals surface area contributed by atoms with Gasteiger partial charge in [0.15, 0.2) is 0 Å². The van der Waals surface area contributed by atoms with Crippen LogP contribution >= 0.6 is 0 Å². The van der Waals surface area contributed by atoms with Crippen LogP contribution in [0.4, 0.5) is 0 Å². The van der Waals surface area contributed by atoms with Crippen molar-refractivity contribution in [2.24, 2.45) is 0 Å². The van der Waals surface area contributed by atoms with Gasteiger partial charge in [-0.15, -0.1) is 0 Å². The molecule has 0 atom stereocenters. The monoisotopic (exact) mass is 334 g/mol. The summed E-state index contributed by atoms with van der Waals surface area (Å²) in [6.07, 6.45) is 3.63. The van der Waals surface area contributed by atoms with Crippen LogP contribution in [0.3, 0.4) is 0 Å². The average molecular weight is 333 g/mol. The maximum absolute atomic E-state index is 10.9. The Balaban J connectivity index is 4.71. The minimum atomic E-state index is -2.21. The molecule has 0 aliphatic heterocycles. The number of carboxylic acids is 1. The molecule has 0 aliphatic carbocycles. The quantitative estimate of drug-likeness (QED) is 0.504. The van der Waals surface area contributed by atoms with Crippen LogP contribution in [0.15, 0.2) is 12.2 Å². The number of aliphatic carboxylic acids is 1. The Morgan fingerprint density at radius 2 is 1.44 bits per heavy atom. The van der Waals surface area contributed by atoms with Gasteiger partial charge in [-0.3, -0.25) is 0 Å². The fourth-order valence-electron chi connectivity index (χ4n) is 2.76. The molecule has 94 valence electrons. The predicted molar refractivity (Wildman–Crippen MR) is 72.6 cm³/mol. The van der Waals surface area contributed by atoms with E-state index in [4.69, 9.17) is 5.11 Å². The van der Waals surface area contributed by atoms with Crippen LogP contribution in [-0.2, 0) is 4.79 Å². The predicted octanol–water partition coefficient (Wildman–Crippen LogP) is 4.31. The summed E-state index contributed by atoms with van der Waals surface area (Å²) in [6, 6.07) is 0. The second kappa shape index (κ2) is 8.15. The molecule has 0 saturated carbocycles. The first-order chi connectivity index (χ1) is 7.51. The summed E-state index contributed by atoms with van der Waals surface area (Å²) >= 11 is -2.21. The van der Waals surface area contributed by atoms with Crippen LogP contribution < -0.4 is 0 Å². The van der Waals surface area contributed by atoms with Crippen molar-refractivity contribution in [1.29, 1.82) is 0 Å². The number of rotatable bonds is 9. The van der Waals surface area contributed by atoms with Crippen molar-refractivity contribution in [3.63, 3.8) is 0 Å². The third-order valence-corrected chi connectivity index (χ3v) is 20.0. The van der Waals surface area contributed by atoms with Crippen LogP contribution in [0.25, 0.3) is 0 Å². The molecule has 16 heavy (non-hydrogen) atoms. The Morgan fingerprint density at radius 1 is 1.06 bits per heavy atom. The van der Waals surface area contributed by atoms with Gasteiger partial charge in [-0.2, -0.15) is 0 Å². The second-order valence-corrected chi connectivity index (χ2v) is 18.7. The van der Waals surface area contributed by atoms with E-state index in [2.05, 4.69) is 27.4 Å². The van der Waals surface area contributed by atoms with E-state index < -0.39 is 24.3 Å². The van der Waals surface area contributed by atoms with Crippen LogP contribution in [0.2, 0.25) is 17.7 Å². The molecule has 0 aromatic carbocycles. The molecular formula is C13H26O2Sn. The molecule has 0 heterocycles. The summed E-state index contributed by atoms with van der Waals surface area (Å²) in [4.78, 5) is 10.9. The molecule has 0 rings (SSSR count). The fraction of sp³-hybridized carbons (Fsp3) is 0.769. The van der Waals surface area contributed by atoms with Gasteiger partial charge < -0.3 is 0 Å². The van der Waals surface area contributed by atoms with Gasteiger partial charge in [-0.25, -0.2) is 0 Å². The van der Waals surface area contributed by atoms with Crippen molar-refractivity contribution in [2.75, 3.05) is 0 Å². The van der Waals surface area contributed by atoms with Crippen LogP contribution in [0.5, 0.6) is 0 Å². The minimum absolute atomic E-state index is 0.464. The Morgan fingerprint density at radius 3 is 1.69 bits per heavy atom. The van der Waals surface area contributed by atoms with Crippen LogP contribution in [0.1, 0.15) is 40.0 Å². The molecule has 0 spiro atoms. The first-order valence-electron chi connectivity index (χ1n) is 6.42. The summed E-state index contributed by atoms with van der Waals surface area (Å²) in [5.74, 6) is -0.788. The second-order valence-electron chi connectivity index (χ2n) is 4.84. The molecule has 0 fully saturated rings. The van der Waals surface area contributed by atoms with E-state index in [1.54, 1.807) is 0 Å². The zero-order chi connectivity index (χ0) is 12.6. The summed E-state index contributed by atoms with van der Waals surface area (Å²) in [5, 5.41) is 8.98. The van der Waals surface area contributed by atoms with Gasteiger partial charge >= 0.3 is 104 Å². The van der Waals surface area contributed by atoms with Crippen LogP contribution in [-0.4, -0.2) is 29.5 Å². The fourth-order valence-corrected chi connectivity index (χ4v) is 18.5. The SMILES string of the molecule is C=C([CH2][Sn]([CH2]CC)([CH2]CC)[CH2]CC)C(=O)O. The number of hydrogen-bond acceptors (Lipinski definition) is 1. The third kappa shape index (κ3) is 5.37. The number of carbonyl (C=O) groups is 1. The topological polar surface area (TPSA) is 37.3 Å². The Bertz CT molecular complexity index is 219. The number of carboxylic acid groups (broad SMARTS) is 1. The zero-order valence-corrected chi connectivity index (χ0v) is 13.9. The Kier molecular flexibility index (Phi) is 8.16. The van der Waals surface area contributed by atoms with Crippen molar-refractivity contribution in [2.45, 2.75) is 57.8 Å². The van der Waals surface area contributed by atoms with E-state index in [0.717, 1.165) is 4.44 Å². The summed E-state index contributed by atoms with van der Waals surface area (Å²) in [6.45, 7) is 10.4. The van der Waals surface area contributed by atoms with Crippen molar-refractivity contribution in [1.82, 2.24) is 0 Å². The summed E-state index contributed by atoms with van der Waals surface area (Å²) < 4.78 is 4.83. The van der Waals surface area contributed by atoms with Crippen molar-refractivity contribution >= 4 is 24.3 Å². The van der Waals surface area contributed by atoms with Crippen molar-refractivity contribution in [3.8, 4) is 0 Å². The van der Waals surface area contributed by atoms with E-state index in [9.17, 15) is 4.79 Å². The molecule has 3 heteroatoms. The molecule has 0 saturated heterocycles. The van der Waals surface area contributed by atoms with E-state index in [0.29, 0.717) is 5.57 Å². The van der Waals surface area contributed by atoms with Gasteiger partial charge in [0.1, 0.15) is 0 Å². The van der Waals surface area contributed by atoms with Gasteiger partial charge in [-0.05, 0) is 0 Å². The standard InChI is InChI=1S/C4H5O2.3C3H7.Sn/c1-3(2)4(5)6;3*1-3-2;/h1-2H2,(H,5,6);3*1,3H2,2H3;. The molecule has 0 radical (unpaired) electrons. The Labute approximate surface area is 104 Å².